The highest BCUT2D eigenvalue weighted by molar-refractivity contribution is 6.04. The summed E-state index contributed by atoms with van der Waals surface area (Å²) in [5, 5.41) is 17.0. The first kappa shape index (κ1) is 21.7. The van der Waals surface area contributed by atoms with Crippen molar-refractivity contribution in [3.63, 3.8) is 0 Å². The number of carbonyl (C=O) groups excluding carboxylic acids is 2. The number of aromatic amines is 1. The van der Waals surface area contributed by atoms with Gasteiger partial charge in [0.2, 0.25) is 0 Å². The lowest BCUT2D eigenvalue weighted by Gasteiger charge is -2.59. The molecule has 31 heavy (non-hydrogen) atoms. The minimum Gasteiger partial charge on any atom is -0.784 e. The van der Waals surface area contributed by atoms with Crippen LogP contribution in [-0.2, 0) is 9.53 Å². The van der Waals surface area contributed by atoms with Crippen LogP contribution in [0, 0.1) is 11.1 Å². The molecule has 9 nitrogen and oxygen atoms in total. The molecule has 4 N–H and O–H groups in total. The van der Waals surface area contributed by atoms with Gasteiger partial charge < -0.3 is 31.0 Å². The number of aromatic nitrogens is 2. The number of hydrogen-bond donors (Lipinski definition) is 3. The number of hydroxylamine groups is 2. The highest BCUT2D eigenvalue weighted by Gasteiger charge is 2.44. The number of esters is 1. The number of nitrogens with zero attached hydrogens (tertiary/aromatic N) is 2. The highest BCUT2D eigenvalue weighted by atomic mass is 16.5. The summed E-state index contributed by atoms with van der Waals surface area (Å²) in [6.45, 7) is 8.00. The SMILES string of the molecule is CC1(C)CC(C(=O)OC2CNC(c3nc4c(C(N)=O)cccc4[nH]3)C2)CC(C)(C)N1[O-]. The first-order valence-electron chi connectivity index (χ1n) is 10.7. The van der Waals surface area contributed by atoms with E-state index in [2.05, 4.69) is 15.3 Å². The number of para-hydroxylation sites is 1. The number of benzene rings is 1. The molecule has 2 unspecified atom stereocenters. The van der Waals surface area contributed by atoms with Gasteiger partial charge in [0.05, 0.1) is 23.0 Å². The molecule has 2 aromatic rings. The molecule has 0 spiro atoms. The maximum atomic E-state index is 12.9. The van der Waals surface area contributed by atoms with Crippen LogP contribution >= 0.6 is 0 Å². The number of ether oxygens (including phenoxy) is 1. The number of amides is 1. The zero-order valence-corrected chi connectivity index (χ0v) is 18.4. The number of imidazole rings is 1. The van der Waals surface area contributed by atoms with Crippen LogP contribution in [0.25, 0.3) is 11.0 Å². The molecule has 9 heteroatoms. The molecule has 0 radical (unpaired) electrons. The van der Waals surface area contributed by atoms with Crippen molar-refractivity contribution in [3.8, 4) is 0 Å². The molecular formula is C22H30N5O4-. The fourth-order valence-electron chi connectivity index (χ4n) is 5.11. The lowest BCUT2D eigenvalue weighted by atomic mass is 9.75. The molecule has 3 heterocycles. The van der Waals surface area contributed by atoms with Gasteiger partial charge in [-0.05, 0) is 52.7 Å². The van der Waals surface area contributed by atoms with E-state index in [1.165, 1.54) is 0 Å². The molecule has 168 valence electrons. The zero-order valence-electron chi connectivity index (χ0n) is 18.4. The van der Waals surface area contributed by atoms with Crippen LogP contribution in [0.4, 0.5) is 0 Å². The molecule has 2 saturated heterocycles. The van der Waals surface area contributed by atoms with E-state index in [0.717, 1.165) is 10.6 Å². The monoisotopic (exact) mass is 428 g/mol. The largest absolute Gasteiger partial charge is 0.784 e. The van der Waals surface area contributed by atoms with Gasteiger partial charge in [-0.2, -0.15) is 0 Å². The Labute approximate surface area is 181 Å². The van der Waals surface area contributed by atoms with Crippen molar-refractivity contribution < 1.29 is 14.3 Å². The Morgan fingerprint density at radius 2 is 1.90 bits per heavy atom. The number of H-pyrrole nitrogens is 1. The normalized spacial score (nSPS) is 26.2. The quantitative estimate of drug-likeness (QED) is 0.636. The summed E-state index contributed by atoms with van der Waals surface area (Å²) in [6.07, 6.45) is 1.24. The molecule has 2 fully saturated rings. The number of nitrogens with one attached hydrogen (secondary N) is 2. The van der Waals surface area contributed by atoms with Crippen LogP contribution in [0.15, 0.2) is 18.2 Å². The van der Waals surface area contributed by atoms with Crippen molar-refractivity contribution in [2.75, 3.05) is 6.54 Å². The number of carbonyl (C=O) groups is 2. The standard InChI is InChI=1S/C22H30N5O4/c1-21(2)9-12(10-22(3,4)27(21)30)20(29)31-13-8-16(24-11-13)19-25-15-7-5-6-14(18(23)28)17(15)26-19/h5-7,12-13,16,24H,8-11H2,1-4H3,(H2,23,28)(H,25,26)/q-1. The van der Waals surface area contributed by atoms with Crippen molar-refractivity contribution >= 4 is 22.9 Å². The summed E-state index contributed by atoms with van der Waals surface area (Å²) in [6, 6.07) is 5.13. The Morgan fingerprint density at radius 3 is 2.55 bits per heavy atom. The van der Waals surface area contributed by atoms with Gasteiger partial charge in [0.1, 0.15) is 17.4 Å². The molecule has 1 amide bonds. The number of hydrogen-bond acceptors (Lipinski definition) is 7. The number of nitrogens with two attached hydrogens (primary N) is 1. The van der Waals surface area contributed by atoms with Crippen LogP contribution in [-0.4, -0.2) is 50.6 Å². The van der Waals surface area contributed by atoms with Gasteiger partial charge in [-0.25, -0.2) is 4.98 Å². The van der Waals surface area contributed by atoms with Gasteiger partial charge in [0.25, 0.3) is 5.91 Å². The second kappa shape index (κ2) is 7.58. The molecule has 4 rings (SSSR count). The molecular weight excluding hydrogens is 398 g/mol. The molecule has 1 aromatic carbocycles. The van der Waals surface area contributed by atoms with Gasteiger partial charge >= 0.3 is 5.97 Å². The van der Waals surface area contributed by atoms with Crippen molar-refractivity contribution in [3.05, 3.63) is 34.8 Å². The topological polar surface area (TPSA) is 136 Å². The van der Waals surface area contributed by atoms with Crippen LogP contribution in [0.2, 0.25) is 0 Å². The third kappa shape index (κ3) is 4.05. The maximum absolute atomic E-state index is 12.9. The summed E-state index contributed by atoms with van der Waals surface area (Å²) >= 11 is 0. The summed E-state index contributed by atoms with van der Waals surface area (Å²) in [5.41, 5.74) is 5.87. The van der Waals surface area contributed by atoms with E-state index in [1.54, 1.807) is 12.1 Å². The lowest BCUT2D eigenvalue weighted by molar-refractivity contribution is -0.159. The third-order valence-corrected chi connectivity index (χ3v) is 6.42. The lowest BCUT2D eigenvalue weighted by Crippen LogP contribution is -2.58. The van der Waals surface area contributed by atoms with Gasteiger partial charge in [0, 0.05) is 24.0 Å². The smallest absolute Gasteiger partial charge is 0.309 e. The molecule has 2 aliphatic rings. The zero-order chi connectivity index (χ0) is 22.6. The van der Waals surface area contributed by atoms with E-state index in [0.29, 0.717) is 42.7 Å². The average molecular weight is 429 g/mol. The summed E-state index contributed by atoms with van der Waals surface area (Å²) in [4.78, 5) is 32.3. The van der Waals surface area contributed by atoms with Crippen molar-refractivity contribution in [1.29, 1.82) is 0 Å². The molecule has 2 atom stereocenters. The molecule has 2 aliphatic heterocycles. The van der Waals surface area contributed by atoms with Gasteiger partial charge in [-0.1, -0.05) is 6.07 Å². The fraction of sp³-hybridized carbons (Fsp3) is 0.591. The van der Waals surface area contributed by atoms with Crippen LogP contribution in [0.1, 0.15) is 69.2 Å². The predicted octanol–water partition coefficient (Wildman–Crippen LogP) is 2.38. The fourth-order valence-corrected chi connectivity index (χ4v) is 5.11. The molecule has 0 bridgehead atoms. The average Bonchev–Trinajstić information content (AvgIpc) is 3.31. The second-order valence-corrected chi connectivity index (χ2v) is 9.97. The Bertz CT molecular complexity index is 996. The van der Waals surface area contributed by atoms with Crippen LogP contribution in [0.5, 0.6) is 0 Å². The Morgan fingerprint density at radius 1 is 1.23 bits per heavy atom. The van der Waals surface area contributed by atoms with E-state index < -0.39 is 17.0 Å². The first-order chi connectivity index (χ1) is 14.5. The Hall–Kier alpha value is -2.49. The molecule has 0 saturated carbocycles. The van der Waals surface area contributed by atoms with Gasteiger partial charge in [-0.3, -0.25) is 9.59 Å². The van der Waals surface area contributed by atoms with Gasteiger partial charge in [0.15, 0.2) is 0 Å². The van der Waals surface area contributed by atoms with E-state index in [-0.39, 0.29) is 24.0 Å². The van der Waals surface area contributed by atoms with Crippen molar-refractivity contribution in [1.82, 2.24) is 20.3 Å². The van der Waals surface area contributed by atoms with E-state index >= 15 is 0 Å². The Kier molecular flexibility index (Phi) is 5.31. The maximum Gasteiger partial charge on any atom is 0.309 e. The predicted molar refractivity (Wildman–Crippen MR) is 116 cm³/mol. The van der Waals surface area contributed by atoms with Crippen LogP contribution in [0.3, 0.4) is 0 Å². The summed E-state index contributed by atoms with van der Waals surface area (Å²) in [5.74, 6) is -0.394. The minimum atomic E-state index is -0.617. The third-order valence-electron chi connectivity index (χ3n) is 6.42. The van der Waals surface area contributed by atoms with Gasteiger partial charge in [-0.15, -0.1) is 0 Å². The van der Waals surface area contributed by atoms with E-state index in [9.17, 15) is 14.8 Å². The van der Waals surface area contributed by atoms with Crippen molar-refractivity contribution in [2.24, 2.45) is 11.7 Å². The highest BCUT2D eigenvalue weighted by Crippen LogP contribution is 2.41. The second-order valence-electron chi connectivity index (χ2n) is 9.97. The minimum absolute atomic E-state index is 0.123. The van der Waals surface area contributed by atoms with E-state index in [1.807, 2.05) is 33.8 Å². The first-order valence-corrected chi connectivity index (χ1v) is 10.7. The summed E-state index contributed by atoms with van der Waals surface area (Å²) in [7, 11) is 0. The van der Waals surface area contributed by atoms with Crippen molar-refractivity contribution in [2.45, 2.75) is 70.2 Å². The molecule has 1 aromatic heterocycles. The summed E-state index contributed by atoms with van der Waals surface area (Å²) < 4.78 is 5.82. The van der Waals surface area contributed by atoms with E-state index in [4.69, 9.17) is 10.5 Å². The number of primary amides is 1. The Balaban J connectivity index is 1.43. The molecule has 0 aliphatic carbocycles. The number of fused-ring (bicyclic) bond motifs is 1. The van der Waals surface area contributed by atoms with Crippen LogP contribution < -0.4 is 11.1 Å². The number of rotatable bonds is 4. The number of piperidine rings is 1.